The molecule has 2 aliphatic rings. The van der Waals surface area contributed by atoms with Crippen LogP contribution in [0.1, 0.15) is 12.8 Å². The maximum absolute atomic E-state index is 12.8. The zero-order valence-corrected chi connectivity index (χ0v) is 15.2. The number of rotatable bonds is 4. The van der Waals surface area contributed by atoms with Gasteiger partial charge in [0.05, 0.1) is 15.7 Å². The van der Waals surface area contributed by atoms with Crippen molar-refractivity contribution in [3.63, 3.8) is 0 Å². The van der Waals surface area contributed by atoms with Crippen molar-refractivity contribution < 1.29 is 18.1 Å². The molecular formula is C16H22N4O5S. The van der Waals surface area contributed by atoms with Crippen molar-refractivity contribution in [2.24, 2.45) is 5.92 Å². The highest BCUT2D eigenvalue weighted by molar-refractivity contribution is 7.89. The fraction of sp³-hybridized carbons (Fsp3) is 0.562. The standard InChI is InChI=1S/C16H22N4O5S/c21-16(18-10-7-17-8-11-18)13-2-1-9-19(12-13)26(24,25)15-5-3-14(4-6-15)20(22)23/h3-6,13,17H,1-2,7-12H2. The molecule has 0 bridgehead atoms. The van der Waals surface area contributed by atoms with Crippen molar-refractivity contribution in [3.05, 3.63) is 34.4 Å². The lowest BCUT2D eigenvalue weighted by atomic mass is 9.98. The molecule has 0 aromatic heterocycles. The number of benzene rings is 1. The summed E-state index contributed by atoms with van der Waals surface area (Å²) in [5.74, 6) is -0.329. The van der Waals surface area contributed by atoms with E-state index in [1.54, 1.807) is 4.90 Å². The van der Waals surface area contributed by atoms with E-state index >= 15 is 0 Å². The van der Waals surface area contributed by atoms with Gasteiger partial charge in [0.2, 0.25) is 15.9 Å². The molecule has 1 aromatic rings. The Labute approximate surface area is 152 Å². The summed E-state index contributed by atoms with van der Waals surface area (Å²) in [6.45, 7) is 3.30. The van der Waals surface area contributed by atoms with Gasteiger partial charge in [-0.25, -0.2) is 8.42 Å². The zero-order valence-electron chi connectivity index (χ0n) is 14.3. The first-order valence-corrected chi connectivity index (χ1v) is 10.1. The minimum absolute atomic E-state index is 0.00935. The first-order valence-electron chi connectivity index (χ1n) is 8.64. The monoisotopic (exact) mass is 382 g/mol. The number of amides is 1. The summed E-state index contributed by atoms with van der Waals surface area (Å²) in [5, 5.41) is 13.9. The van der Waals surface area contributed by atoms with Crippen LogP contribution in [0.15, 0.2) is 29.2 Å². The van der Waals surface area contributed by atoms with Gasteiger partial charge in [0.15, 0.2) is 0 Å². The topological polar surface area (TPSA) is 113 Å². The number of piperazine rings is 1. The predicted octanol–water partition coefficient (Wildman–Crippen LogP) is 0.427. The fourth-order valence-corrected chi connectivity index (χ4v) is 4.92. The molecule has 0 radical (unpaired) electrons. The van der Waals surface area contributed by atoms with Crippen LogP contribution >= 0.6 is 0 Å². The molecule has 1 amide bonds. The highest BCUT2D eigenvalue weighted by Gasteiger charge is 2.35. The number of hydrogen-bond donors (Lipinski definition) is 1. The van der Waals surface area contributed by atoms with Gasteiger partial charge in [0.25, 0.3) is 5.69 Å². The Hall–Kier alpha value is -2.04. The van der Waals surface area contributed by atoms with E-state index in [0.717, 1.165) is 13.1 Å². The van der Waals surface area contributed by atoms with E-state index in [4.69, 9.17) is 0 Å². The predicted molar refractivity (Wildman–Crippen MR) is 94.0 cm³/mol. The Morgan fingerprint density at radius 3 is 2.42 bits per heavy atom. The highest BCUT2D eigenvalue weighted by atomic mass is 32.2. The average Bonchev–Trinajstić information content (AvgIpc) is 2.68. The Kier molecular flexibility index (Phi) is 5.54. The highest BCUT2D eigenvalue weighted by Crippen LogP contribution is 2.26. The molecule has 1 atom stereocenters. The second-order valence-electron chi connectivity index (χ2n) is 6.53. The maximum atomic E-state index is 12.8. The van der Waals surface area contributed by atoms with E-state index in [0.29, 0.717) is 32.5 Å². The summed E-state index contributed by atoms with van der Waals surface area (Å²) in [6, 6.07) is 4.85. The molecule has 1 aromatic carbocycles. The van der Waals surface area contributed by atoms with E-state index in [9.17, 15) is 23.3 Å². The van der Waals surface area contributed by atoms with Crippen molar-refractivity contribution >= 4 is 21.6 Å². The second-order valence-corrected chi connectivity index (χ2v) is 8.47. The largest absolute Gasteiger partial charge is 0.340 e. The molecule has 142 valence electrons. The summed E-state index contributed by atoms with van der Waals surface area (Å²) in [6.07, 6.45) is 1.30. The number of piperidine rings is 1. The number of non-ortho nitro benzene ring substituents is 1. The molecule has 10 heteroatoms. The van der Waals surface area contributed by atoms with Crippen molar-refractivity contribution in [1.82, 2.24) is 14.5 Å². The van der Waals surface area contributed by atoms with Crippen LogP contribution in [0.5, 0.6) is 0 Å². The molecule has 2 aliphatic heterocycles. The molecule has 0 aliphatic carbocycles. The van der Waals surface area contributed by atoms with Crippen molar-refractivity contribution in [2.45, 2.75) is 17.7 Å². The molecule has 2 saturated heterocycles. The van der Waals surface area contributed by atoms with E-state index in [-0.39, 0.29) is 29.0 Å². The van der Waals surface area contributed by atoms with Crippen LogP contribution in [0.4, 0.5) is 5.69 Å². The van der Waals surface area contributed by atoms with E-state index in [1.165, 1.54) is 28.6 Å². The van der Waals surface area contributed by atoms with Gasteiger partial charge in [0, 0.05) is 51.4 Å². The van der Waals surface area contributed by atoms with Gasteiger partial charge < -0.3 is 10.2 Å². The Morgan fingerprint density at radius 2 is 1.81 bits per heavy atom. The van der Waals surface area contributed by atoms with Gasteiger partial charge >= 0.3 is 0 Å². The minimum atomic E-state index is -3.77. The van der Waals surface area contributed by atoms with E-state index in [1.807, 2.05) is 0 Å². The van der Waals surface area contributed by atoms with Gasteiger partial charge in [0.1, 0.15) is 0 Å². The van der Waals surface area contributed by atoms with Gasteiger partial charge in [-0.1, -0.05) is 0 Å². The molecule has 0 spiro atoms. The number of nitrogens with zero attached hydrogens (tertiary/aromatic N) is 3. The third-order valence-corrected chi connectivity index (χ3v) is 6.73. The number of nitro benzene ring substituents is 1. The Morgan fingerprint density at radius 1 is 1.15 bits per heavy atom. The molecule has 1 unspecified atom stereocenters. The number of sulfonamides is 1. The summed E-state index contributed by atoms with van der Waals surface area (Å²) in [7, 11) is -3.77. The fourth-order valence-electron chi connectivity index (χ4n) is 3.39. The quantitative estimate of drug-likeness (QED) is 0.597. The van der Waals surface area contributed by atoms with Gasteiger partial charge in [-0.15, -0.1) is 0 Å². The third kappa shape index (κ3) is 3.87. The molecule has 3 rings (SSSR count). The molecule has 1 N–H and O–H groups in total. The minimum Gasteiger partial charge on any atom is -0.340 e. The lowest BCUT2D eigenvalue weighted by Crippen LogP contribution is -2.51. The van der Waals surface area contributed by atoms with Crippen LogP contribution < -0.4 is 5.32 Å². The Balaban J connectivity index is 1.73. The van der Waals surface area contributed by atoms with Crippen LogP contribution in [0, 0.1) is 16.0 Å². The summed E-state index contributed by atoms with van der Waals surface area (Å²) < 4.78 is 27.0. The third-order valence-electron chi connectivity index (χ3n) is 4.85. The number of carbonyl (C=O) groups excluding carboxylic acids is 1. The molecular weight excluding hydrogens is 360 g/mol. The number of carbonyl (C=O) groups is 1. The number of hydrogen-bond acceptors (Lipinski definition) is 6. The van der Waals surface area contributed by atoms with Crippen LogP contribution in [0.2, 0.25) is 0 Å². The normalized spacial score (nSPS) is 22.2. The van der Waals surface area contributed by atoms with Gasteiger partial charge in [-0.3, -0.25) is 14.9 Å². The average molecular weight is 382 g/mol. The van der Waals surface area contributed by atoms with Gasteiger partial charge in [-0.05, 0) is 25.0 Å². The summed E-state index contributed by atoms with van der Waals surface area (Å²) in [5.41, 5.74) is -0.158. The second kappa shape index (κ2) is 7.68. The summed E-state index contributed by atoms with van der Waals surface area (Å²) >= 11 is 0. The van der Waals surface area contributed by atoms with E-state index in [2.05, 4.69) is 5.32 Å². The van der Waals surface area contributed by atoms with Crippen molar-refractivity contribution in [3.8, 4) is 0 Å². The van der Waals surface area contributed by atoms with Crippen molar-refractivity contribution in [2.75, 3.05) is 39.3 Å². The number of nitro groups is 1. The van der Waals surface area contributed by atoms with Crippen molar-refractivity contribution in [1.29, 1.82) is 0 Å². The van der Waals surface area contributed by atoms with Crippen LogP contribution in [0.25, 0.3) is 0 Å². The van der Waals surface area contributed by atoms with Crippen LogP contribution in [0.3, 0.4) is 0 Å². The molecule has 9 nitrogen and oxygen atoms in total. The van der Waals surface area contributed by atoms with E-state index < -0.39 is 14.9 Å². The molecule has 0 saturated carbocycles. The SMILES string of the molecule is O=C(C1CCCN(S(=O)(=O)c2ccc([N+](=O)[O-])cc2)C1)N1CCNCC1. The number of nitrogens with one attached hydrogen (secondary N) is 1. The first kappa shape index (κ1) is 18.7. The lowest BCUT2D eigenvalue weighted by Gasteiger charge is -2.35. The first-order chi connectivity index (χ1) is 12.4. The van der Waals surface area contributed by atoms with Crippen LogP contribution in [-0.4, -0.2) is 67.7 Å². The summed E-state index contributed by atoms with van der Waals surface area (Å²) in [4.78, 5) is 24.7. The van der Waals surface area contributed by atoms with Crippen LogP contribution in [-0.2, 0) is 14.8 Å². The lowest BCUT2D eigenvalue weighted by molar-refractivity contribution is -0.384. The zero-order chi connectivity index (χ0) is 18.7. The smallest absolute Gasteiger partial charge is 0.269 e. The molecule has 26 heavy (non-hydrogen) atoms. The van der Waals surface area contributed by atoms with Gasteiger partial charge in [-0.2, -0.15) is 4.31 Å². The molecule has 2 heterocycles. The maximum Gasteiger partial charge on any atom is 0.269 e. The Bertz CT molecular complexity index is 774. The molecule has 2 fully saturated rings.